The normalized spacial score (nSPS) is 21.7. The van der Waals surface area contributed by atoms with Crippen molar-refractivity contribution in [3.8, 4) is 11.5 Å². The molecule has 29 heavy (non-hydrogen) atoms. The Balaban J connectivity index is 1.90. The number of ether oxygens (including phenoxy) is 2. The smallest absolute Gasteiger partial charge is 0.296 e. The first kappa shape index (κ1) is 19.1. The van der Waals surface area contributed by atoms with Crippen LogP contribution in [0.5, 0.6) is 11.5 Å². The van der Waals surface area contributed by atoms with Crippen LogP contribution in [0.3, 0.4) is 0 Å². The lowest BCUT2D eigenvalue weighted by Crippen LogP contribution is -2.37. The summed E-state index contributed by atoms with van der Waals surface area (Å²) in [6, 6.07) is 7.50. The van der Waals surface area contributed by atoms with Crippen molar-refractivity contribution >= 4 is 17.4 Å². The average Bonchev–Trinajstić information content (AvgIpc) is 3.49. The highest BCUT2D eigenvalue weighted by Crippen LogP contribution is 2.44. The first-order valence-electron chi connectivity index (χ1n) is 9.62. The van der Waals surface area contributed by atoms with E-state index in [0.29, 0.717) is 17.3 Å². The Morgan fingerprint density at radius 1 is 1.14 bits per heavy atom. The van der Waals surface area contributed by atoms with Gasteiger partial charge in [-0.2, -0.15) is 0 Å². The molecule has 7 nitrogen and oxygen atoms in total. The standard InChI is InChI=1S/C22H23NO6/c1-27-14-9-10-16(28-2)15(12-14)20(24)18-19(17-8-5-11-29-17)23(22(26)21(18)25)13-6-3-4-7-13/h5,8-13,19,24H,3-4,6-7H2,1-2H3/b20-18-. The molecule has 0 radical (unpaired) electrons. The van der Waals surface area contributed by atoms with Gasteiger partial charge in [-0.05, 0) is 43.2 Å². The third-order valence-electron chi connectivity index (χ3n) is 5.67. The molecule has 1 N–H and O–H groups in total. The van der Waals surface area contributed by atoms with Gasteiger partial charge < -0.3 is 23.9 Å². The van der Waals surface area contributed by atoms with Crippen LogP contribution in [-0.4, -0.2) is 42.0 Å². The minimum absolute atomic E-state index is 0.00315. The van der Waals surface area contributed by atoms with Crippen LogP contribution < -0.4 is 9.47 Å². The molecule has 1 saturated heterocycles. The molecule has 1 aromatic carbocycles. The number of Topliss-reactive ketones (excluding diaryl/α,β-unsaturated/α-hetero) is 1. The predicted molar refractivity (Wildman–Crippen MR) is 105 cm³/mol. The Hall–Kier alpha value is -3.22. The molecule has 2 aromatic rings. The molecule has 2 fully saturated rings. The summed E-state index contributed by atoms with van der Waals surface area (Å²) in [6.45, 7) is 0. The number of amides is 1. The van der Waals surface area contributed by atoms with Gasteiger partial charge in [-0.25, -0.2) is 0 Å². The minimum atomic E-state index is -0.774. The number of benzene rings is 1. The van der Waals surface area contributed by atoms with Crippen molar-refractivity contribution in [2.45, 2.75) is 37.8 Å². The highest BCUT2D eigenvalue weighted by atomic mass is 16.5. The van der Waals surface area contributed by atoms with E-state index in [9.17, 15) is 14.7 Å². The van der Waals surface area contributed by atoms with Gasteiger partial charge >= 0.3 is 0 Å². The number of aliphatic hydroxyl groups is 1. The lowest BCUT2D eigenvalue weighted by Gasteiger charge is -2.29. The van der Waals surface area contributed by atoms with Crippen LogP contribution in [-0.2, 0) is 9.59 Å². The number of rotatable bonds is 5. The molecule has 7 heteroatoms. The van der Waals surface area contributed by atoms with E-state index in [1.807, 2.05) is 0 Å². The maximum absolute atomic E-state index is 13.0. The van der Waals surface area contributed by atoms with E-state index in [1.54, 1.807) is 35.2 Å². The van der Waals surface area contributed by atoms with Gasteiger partial charge in [0.1, 0.15) is 29.1 Å². The van der Waals surface area contributed by atoms with Gasteiger partial charge in [0.05, 0.1) is 31.6 Å². The van der Waals surface area contributed by atoms with Crippen LogP contribution in [0.15, 0.2) is 46.6 Å². The molecule has 1 atom stereocenters. The van der Waals surface area contributed by atoms with Crippen LogP contribution in [0.4, 0.5) is 0 Å². The van der Waals surface area contributed by atoms with E-state index in [2.05, 4.69) is 0 Å². The van der Waals surface area contributed by atoms with Crippen LogP contribution in [0, 0.1) is 0 Å². The van der Waals surface area contributed by atoms with Crippen LogP contribution in [0.2, 0.25) is 0 Å². The zero-order chi connectivity index (χ0) is 20.5. The van der Waals surface area contributed by atoms with Gasteiger partial charge in [0, 0.05) is 6.04 Å². The minimum Gasteiger partial charge on any atom is -0.507 e. The number of aliphatic hydroxyl groups excluding tert-OH is 1. The van der Waals surface area contributed by atoms with Crippen molar-refractivity contribution in [2.75, 3.05) is 14.2 Å². The van der Waals surface area contributed by atoms with E-state index in [-0.39, 0.29) is 22.9 Å². The summed E-state index contributed by atoms with van der Waals surface area (Å²) in [6.07, 6.45) is 5.15. The summed E-state index contributed by atoms with van der Waals surface area (Å²) in [5, 5.41) is 11.2. The van der Waals surface area contributed by atoms with E-state index in [1.165, 1.54) is 20.5 Å². The number of nitrogens with zero attached hydrogens (tertiary/aromatic N) is 1. The quantitative estimate of drug-likeness (QED) is 0.471. The lowest BCUT2D eigenvalue weighted by atomic mass is 9.98. The number of furan rings is 1. The second-order valence-electron chi connectivity index (χ2n) is 7.23. The molecule has 2 aliphatic rings. The second-order valence-corrected chi connectivity index (χ2v) is 7.23. The lowest BCUT2D eigenvalue weighted by molar-refractivity contribution is -0.141. The second kappa shape index (κ2) is 7.66. The molecule has 1 unspecified atom stereocenters. The number of hydrogen-bond acceptors (Lipinski definition) is 6. The van der Waals surface area contributed by atoms with Crippen molar-refractivity contribution < 1.29 is 28.6 Å². The third-order valence-corrected chi connectivity index (χ3v) is 5.67. The van der Waals surface area contributed by atoms with E-state index >= 15 is 0 Å². The van der Waals surface area contributed by atoms with Crippen LogP contribution >= 0.6 is 0 Å². The Morgan fingerprint density at radius 2 is 1.90 bits per heavy atom. The van der Waals surface area contributed by atoms with E-state index < -0.39 is 17.7 Å². The molecule has 1 saturated carbocycles. The predicted octanol–water partition coefficient (Wildman–Crippen LogP) is 3.66. The first-order valence-corrected chi connectivity index (χ1v) is 9.62. The summed E-state index contributed by atoms with van der Waals surface area (Å²) in [5.74, 6) is -0.330. The Labute approximate surface area is 168 Å². The third kappa shape index (κ3) is 3.16. The Morgan fingerprint density at radius 3 is 2.52 bits per heavy atom. The maximum Gasteiger partial charge on any atom is 0.296 e. The molecule has 4 rings (SSSR count). The van der Waals surface area contributed by atoms with Gasteiger partial charge in [-0.1, -0.05) is 12.8 Å². The summed E-state index contributed by atoms with van der Waals surface area (Å²) in [4.78, 5) is 27.6. The highest BCUT2D eigenvalue weighted by Gasteiger charge is 2.50. The van der Waals surface area contributed by atoms with E-state index in [4.69, 9.17) is 13.9 Å². The molecular formula is C22H23NO6. The number of carbonyl (C=O) groups is 2. The number of hydrogen-bond donors (Lipinski definition) is 1. The van der Waals surface area contributed by atoms with Crippen LogP contribution in [0.1, 0.15) is 43.0 Å². The molecule has 0 bridgehead atoms. The summed E-state index contributed by atoms with van der Waals surface area (Å²) >= 11 is 0. The van der Waals surface area contributed by atoms with Gasteiger partial charge in [0.15, 0.2) is 0 Å². The largest absolute Gasteiger partial charge is 0.507 e. The van der Waals surface area contributed by atoms with Crippen LogP contribution in [0.25, 0.3) is 5.76 Å². The monoisotopic (exact) mass is 397 g/mol. The fourth-order valence-corrected chi connectivity index (χ4v) is 4.28. The summed E-state index contributed by atoms with van der Waals surface area (Å²) < 4.78 is 16.2. The molecular weight excluding hydrogens is 374 g/mol. The molecule has 152 valence electrons. The summed E-state index contributed by atoms with van der Waals surface area (Å²) in [5.41, 5.74) is 0.288. The fraction of sp³-hybridized carbons (Fsp3) is 0.364. The fourth-order valence-electron chi connectivity index (χ4n) is 4.28. The number of methoxy groups -OCH3 is 2. The number of likely N-dealkylation sites (tertiary alicyclic amines) is 1. The molecule has 2 heterocycles. The average molecular weight is 397 g/mol. The van der Waals surface area contributed by atoms with Gasteiger partial charge in [-0.15, -0.1) is 0 Å². The molecule has 0 spiro atoms. The maximum atomic E-state index is 13.0. The Bertz CT molecular complexity index is 956. The molecule has 1 aromatic heterocycles. The van der Waals surface area contributed by atoms with Gasteiger partial charge in [0.25, 0.3) is 11.7 Å². The summed E-state index contributed by atoms with van der Waals surface area (Å²) in [7, 11) is 2.98. The topological polar surface area (TPSA) is 89.2 Å². The van der Waals surface area contributed by atoms with Crippen molar-refractivity contribution in [2.24, 2.45) is 0 Å². The first-order chi connectivity index (χ1) is 14.1. The molecule has 1 amide bonds. The number of carbonyl (C=O) groups excluding carboxylic acids is 2. The number of ketones is 1. The van der Waals surface area contributed by atoms with Crippen molar-refractivity contribution in [1.29, 1.82) is 0 Å². The molecule has 1 aliphatic heterocycles. The zero-order valence-electron chi connectivity index (χ0n) is 16.4. The van der Waals surface area contributed by atoms with Crippen molar-refractivity contribution in [1.82, 2.24) is 4.90 Å². The van der Waals surface area contributed by atoms with Crippen molar-refractivity contribution in [3.63, 3.8) is 0 Å². The van der Waals surface area contributed by atoms with E-state index in [0.717, 1.165) is 25.7 Å². The Kier molecular flexibility index (Phi) is 5.05. The van der Waals surface area contributed by atoms with Gasteiger partial charge in [-0.3, -0.25) is 9.59 Å². The molecule has 1 aliphatic carbocycles. The zero-order valence-corrected chi connectivity index (χ0v) is 16.4. The van der Waals surface area contributed by atoms with Crippen molar-refractivity contribution in [3.05, 3.63) is 53.5 Å². The SMILES string of the molecule is COc1ccc(OC)c(/C(O)=C2/C(=O)C(=O)N(C3CCCC3)C2c2ccco2)c1. The highest BCUT2D eigenvalue weighted by molar-refractivity contribution is 6.46. The van der Waals surface area contributed by atoms with Gasteiger partial charge in [0.2, 0.25) is 0 Å².